The summed E-state index contributed by atoms with van der Waals surface area (Å²) in [6.07, 6.45) is 3.98. The van der Waals surface area contributed by atoms with Gasteiger partial charge in [0.25, 0.3) is 0 Å². The van der Waals surface area contributed by atoms with Gasteiger partial charge in [-0.2, -0.15) is 15.8 Å². The van der Waals surface area contributed by atoms with Crippen LogP contribution < -0.4 is 5.32 Å². The van der Waals surface area contributed by atoms with E-state index in [-0.39, 0.29) is 5.57 Å². The highest BCUT2D eigenvalue weighted by atomic mass is 35.5. The number of allylic oxidation sites excluding steroid dienone is 4. The normalized spacial score (nSPS) is 16.6. The van der Waals surface area contributed by atoms with Crippen LogP contribution in [0.2, 0.25) is 5.02 Å². The van der Waals surface area contributed by atoms with Crippen LogP contribution in [0, 0.1) is 39.9 Å². The second kappa shape index (κ2) is 6.01. The van der Waals surface area contributed by atoms with Gasteiger partial charge >= 0.3 is 0 Å². The number of hydrogen-bond donors (Lipinski definition) is 1. The molecule has 0 unspecified atom stereocenters. The number of nitrogens with one attached hydrogen (secondary N) is 1. The molecule has 1 heterocycles. The first-order valence-electron chi connectivity index (χ1n) is 7.11. The summed E-state index contributed by atoms with van der Waals surface area (Å²) in [6, 6.07) is 13.2. The number of benzene rings is 1. The second-order valence-electron chi connectivity index (χ2n) is 5.38. The summed E-state index contributed by atoms with van der Waals surface area (Å²) >= 11 is 5.92. The number of nitriles is 3. The molecule has 0 amide bonds. The van der Waals surface area contributed by atoms with Gasteiger partial charge in [-0.25, -0.2) is 0 Å². The fraction of sp³-hybridized carbons (Fsp3) is 0.167. The third-order valence-corrected chi connectivity index (χ3v) is 4.11. The average molecular weight is 319 g/mol. The van der Waals surface area contributed by atoms with E-state index in [0.717, 1.165) is 29.7 Å². The monoisotopic (exact) mass is 318 g/mol. The van der Waals surface area contributed by atoms with E-state index in [1.54, 1.807) is 12.1 Å². The smallest absolute Gasteiger partial charge is 0.154 e. The molecule has 4 nitrogen and oxygen atoms in total. The molecule has 2 aliphatic rings. The van der Waals surface area contributed by atoms with Crippen LogP contribution in [0.15, 0.2) is 52.8 Å². The maximum atomic E-state index is 9.49. The van der Waals surface area contributed by atoms with Gasteiger partial charge in [-0.3, -0.25) is 0 Å². The lowest BCUT2D eigenvalue weighted by Gasteiger charge is -2.22. The Bertz CT molecular complexity index is 863. The first-order chi connectivity index (χ1) is 11.2. The Morgan fingerprint density at radius 3 is 2.26 bits per heavy atom. The van der Waals surface area contributed by atoms with Crippen molar-refractivity contribution < 1.29 is 0 Å². The molecule has 23 heavy (non-hydrogen) atoms. The van der Waals surface area contributed by atoms with Crippen molar-refractivity contribution in [1.82, 2.24) is 5.32 Å². The molecule has 1 aliphatic heterocycles. The molecule has 1 saturated carbocycles. The summed E-state index contributed by atoms with van der Waals surface area (Å²) in [5.74, 6) is 0.322. The lowest BCUT2D eigenvalue weighted by atomic mass is 9.93. The van der Waals surface area contributed by atoms with Crippen molar-refractivity contribution >= 4 is 17.3 Å². The SMILES string of the molecule is N#CC(C#N)=C1NC(c2ccc(Cl)cc2)=CC(C2CC2)=C1C#N. The third-order valence-electron chi connectivity index (χ3n) is 3.86. The molecule has 0 saturated heterocycles. The summed E-state index contributed by atoms with van der Waals surface area (Å²) < 4.78 is 0. The molecule has 5 heteroatoms. The molecule has 0 bridgehead atoms. The van der Waals surface area contributed by atoms with Gasteiger partial charge in [0.05, 0.1) is 11.3 Å². The van der Waals surface area contributed by atoms with Crippen LogP contribution in [0.5, 0.6) is 0 Å². The number of hydrogen-bond acceptors (Lipinski definition) is 4. The van der Waals surface area contributed by atoms with Gasteiger partial charge in [0.15, 0.2) is 5.57 Å². The predicted octanol–water partition coefficient (Wildman–Crippen LogP) is 3.82. The van der Waals surface area contributed by atoms with Crippen LogP contribution in [0.3, 0.4) is 0 Å². The zero-order chi connectivity index (χ0) is 16.4. The van der Waals surface area contributed by atoms with Crippen LogP contribution in [0.4, 0.5) is 0 Å². The fourth-order valence-corrected chi connectivity index (χ4v) is 2.68. The van der Waals surface area contributed by atoms with E-state index in [2.05, 4.69) is 11.4 Å². The topological polar surface area (TPSA) is 83.4 Å². The molecule has 1 aromatic carbocycles. The number of halogens is 1. The molecule has 110 valence electrons. The van der Waals surface area contributed by atoms with Crippen molar-refractivity contribution in [2.24, 2.45) is 5.92 Å². The molecule has 0 aromatic heterocycles. The molecule has 1 fully saturated rings. The van der Waals surface area contributed by atoms with E-state index in [9.17, 15) is 15.8 Å². The Labute approximate surface area is 139 Å². The quantitative estimate of drug-likeness (QED) is 0.840. The minimum Gasteiger partial charge on any atom is -0.352 e. The van der Waals surface area contributed by atoms with Gasteiger partial charge in [-0.05, 0) is 48.1 Å². The van der Waals surface area contributed by atoms with Crippen molar-refractivity contribution in [2.75, 3.05) is 0 Å². The van der Waals surface area contributed by atoms with Crippen molar-refractivity contribution in [3.8, 4) is 18.2 Å². The zero-order valence-electron chi connectivity index (χ0n) is 12.1. The van der Waals surface area contributed by atoms with E-state index < -0.39 is 0 Å². The number of rotatable bonds is 2. The van der Waals surface area contributed by atoms with Crippen LogP contribution in [-0.2, 0) is 0 Å². The van der Waals surface area contributed by atoms with Gasteiger partial charge in [-0.15, -0.1) is 0 Å². The molecule has 3 rings (SSSR count). The first kappa shape index (κ1) is 14.9. The highest BCUT2D eigenvalue weighted by molar-refractivity contribution is 6.30. The van der Waals surface area contributed by atoms with Crippen molar-refractivity contribution in [3.05, 3.63) is 63.3 Å². The van der Waals surface area contributed by atoms with Crippen LogP contribution in [-0.4, -0.2) is 0 Å². The molecule has 0 atom stereocenters. The summed E-state index contributed by atoms with van der Waals surface area (Å²) in [4.78, 5) is 0. The van der Waals surface area contributed by atoms with Crippen molar-refractivity contribution in [2.45, 2.75) is 12.8 Å². The molecule has 1 N–H and O–H groups in total. The molecule has 1 aromatic rings. The van der Waals surface area contributed by atoms with Gasteiger partial charge in [0.2, 0.25) is 0 Å². The Morgan fingerprint density at radius 2 is 1.74 bits per heavy atom. The Morgan fingerprint density at radius 1 is 1.09 bits per heavy atom. The van der Waals surface area contributed by atoms with E-state index >= 15 is 0 Å². The molecule has 1 aliphatic carbocycles. The third kappa shape index (κ3) is 2.84. The van der Waals surface area contributed by atoms with Crippen LogP contribution >= 0.6 is 11.6 Å². The van der Waals surface area contributed by atoms with Crippen LogP contribution in [0.25, 0.3) is 5.70 Å². The minimum absolute atomic E-state index is 0.0840. The summed E-state index contributed by atoms with van der Waals surface area (Å²) in [7, 11) is 0. The molecular weight excluding hydrogens is 308 g/mol. The molecular formula is C18H11ClN4. The van der Waals surface area contributed by atoms with Crippen molar-refractivity contribution in [1.29, 1.82) is 15.8 Å². The standard InChI is InChI=1S/C18H11ClN4/c19-14-5-3-12(4-6-14)17-7-15(11-1-2-11)16(10-22)18(23-17)13(8-20)9-21/h3-7,11,23H,1-2H2. The van der Waals surface area contributed by atoms with Crippen LogP contribution in [0.1, 0.15) is 18.4 Å². The average Bonchev–Trinajstić information content (AvgIpc) is 3.41. The summed E-state index contributed by atoms with van der Waals surface area (Å²) in [5.41, 5.74) is 3.15. The largest absolute Gasteiger partial charge is 0.352 e. The first-order valence-corrected chi connectivity index (χ1v) is 7.49. The molecule has 0 radical (unpaired) electrons. The van der Waals surface area contributed by atoms with E-state index in [1.165, 1.54) is 0 Å². The Balaban J connectivity index is 2.18. The van der Waals surface area contributed by atoms with Gasteiger partial charge < -0.3 is 5.32 Å². The Kier molecular flexibility index (Phi) is 3.90. The van der Waals surface area contributed by atoms with Gasteiger partial charge in [-0.1, -0.05) is 23.7 Å². The Hall–Kier alpha value is -3.00. The zero-order valence-corrected chi connectivity index (χ0v) is 12.9. The van der Waals surface area contributed by atoms with Crippen molar-refractivity contribution in [3.63, 3.8) is 0 Å². The van der Waals surface area contributed by atoms with E-state index in [1.807, 2.05) is 30.3 Å². The highest BCUT2D eigenvalue weighted by Gasteiger charge is 2.32. The highest BCUT2D eigenvalue weighted by Crippen LogP contribution is 2.43. The second-order valence-corrected chi connectivity index (χ2v) is 5.82. The number of nitrogens with zero attached hydrogens (tertiary/aromatic N) is 3. The minimum atomic E-state index is -0.0840. The summed E-state index contributed by atoms with van der Waals surface area (Å²) in [6.45, 7) is 0. The van der Waals surface area contributed by atoms with E-state index in [0.29, 0.717) is 22.2 Å². The maximum Gasteiger partial charge on any atom is 0.154 e. The predicted molar refractivity (Wildman–Crippen MR) is 86.2 cm³/mol. The summed E-state index contributed by atoms with van der Waals surface area (Å²) in [5, 5.41) is 31.6. The lowest BCUT2D eigenvalue weighted by Crippen LogP contribution is -2.20. The maximum absolute atomic E-state index is 9.49. The number of dihydropyridines is 1. The van der Waals surface area contributed by atoms with E-state index in [4.69, 9.17) is 11.6 Å². The van der Waals surface area contributed by atoms with Gasteiger partial charge in [0, 0.05) is 10.7 Å². The molecule has 0 spiro atoms. The fourth-order valence-electron chi connectivity index (χ4n) is 2.55. The lowest BCUT2D eigenvalue weighted by molar-refractivity contribution is 0.973. The van der Waals surface area contributed by atoms with Gasteiger partial charge in [0.1, 0.15) is 18.2 Å².